The number of hydrogen-bond donors (Lipinski definition) is 2. The van der Waals surface area contributed by atoms with Crippen molar-refractivity contribution in [3.8, 4) is 0 Å². The molecule has 1 aromatic carbocycles. The maximum atomic E-state index is 12.7. The Kier molecular flexibility index (Phi) is 3.58. The number of Topliss-reactive ketones (excluding diaryl/α,β-unsaturated/α-hetero) is 1. The molecule has 0 aromatic heterocycles. The summed E-state index contributed by atoms with van der Waals surface area (Å²) in [5, 5.41) is 5.98. The first kappa shape index (κ1) is 15.8. The van der Waals surface area contributed by atoms with Crippen LogP contribution in [0.5, 0.6) is 0 Å². The lowest BCUT2D eigenvalue weighted by atomic mass is 9.70. The second-order valence-corrected chi connectivity index (χ2v) is 7.48. The highest BCUT2D eigenvalue weighted by Gasteiger charge is 2.63. The lowest BCUT2D eigenvalue weighted by molar-refractivity contribution is -0.125. The molecule has 2 bridgehead atoms. The minimum Gasteiger partial charge on any atom is -0.361 e. The molecule has 0 aliphatic heterocycles. The maximum Gasteiger partial charge on any atom is 0.221 e. The van der Waals surface area contributed by atoms with Crippen LogP contribution in [0.2, 0.25) is 0 Å². The molecular formula is C19H24N2O2. The van der Waals surface area contributed by atoms with Gasteiger partial charge in [0.2, 0.25) is 5.91 Å². The minimum atomic E-state index is -0.222. The fourth-order valence-corrected chi connectivity index (χ4v) is 4.11. The van der Waals surface area contributed by atoms with E-state index in [4.69, 9.17) is 0 Å². The van der Waals surface area contributed by atoms with Gasteiger partial charge in [-0.05, 0) is 48.4 Å². The van der Waals surface area contributed by atoms with Crippen LogP contribution in [0.4, 0.5) is 11.4 Å². The zero-order chi connectivity index (χ0) is 16.8. The van der Waals surface area contributed by atoms with E-state index < -0.39 is 0 Å². The number of amides is 1. The quantitative estimate of drug-likeness (QED) is 0.830. The van der Waals surface area contributed by atoms with Crippen molar-refractivity contribution < 1.29 is 9.59 Å². The summed E-state index contributed by atoms with van der Waals surface area (Å²) in [6, 6.07) is 7.48. The van der Waals surface area contributed by atoms with Crippen LogP contribution in [0.15, 0.2) is 36.0 Å². The second-order valence-electron chi connectivity index (χ2n) is 7.48. The average molecular weight is 312 g/mol. The summed E-state index contributed by atoms with van der Waals surface area (Å²) in [4.78, 5) is 23.8. The number of carbonyl (C=O) groups is 2. The SMILES string of the molecule is CC(=O)Nc1ccc(N/C=C2\C(=O)[C@@]3(C)CC[C@H]2C3(C)C)cc1. The Morgan fingerprint density at radius 3 is 2.30 bits per heavy atom. The first-order chi connectivity index (χ1) is 10.8. The molecule has 0 saturated heterocycles. The first-order valence-corrected chi connectivity index (χ1v) is 8.15. The molecule has 2 atom stereocenters. The van der Waals surface area contributed by atoms with Crippen LogP contribution in [0.25, 0.3) is 0 Å². The zero-order valence-corrected chi connectivity index (χ0v) is 14.2. The Hall–Kier alpha value is -2.10. The third-order valence-corrected chi connectivity index (χ3v) is 5.96. The average Bonchev–Trinajstić information content (AvgIpc) is 2.79. The highest BCUT2D eigenvalue weighted by atomic mass is 16.1. The van der Waals surface area contributed by atoms with Crippen molar-refractivity contribution in [3.05, 3.63) is 36.0 Å². The van der Waals surface area contributed by atoms with E-state index in [2.05, 4.69) is 31.4 Å². The molecule has 0 spiro atoms. The Morgan fingerprint density at radius 2 is 1.78 bits per heavy atom. The Bertz CT molecular complexity index is 688. The van der Waals surface area contributed by atoms with Crippen molar-refractivity contribution in [1.29, 1.82) is 0 Å². The molecule has 0 radical (unpaired) electrons. The number of anilines is 2. The topological polar surface area (TPSA) is 58.2 Å². The van der Waals surface area contributed by atoms with E-state index in [1.54, 1.807) is 0 Å². The van der Waals surface area contributed by atoms with Gasteiger partial charge in [0.15, 0.2) is 5.78 Å². The maximum absolute atomic E-state index is 12.7. The summed E-state index contributed by atoms with van der Waals surface area (Å²) in [6.45, 7) is 8.02. The number of hydrogen-bond acceptors (Lipinski definition) is 3. The predicted octanol–water partition coefficient (Wildman–Crippen LogP) is 3.97. The number of benzene rings is 1. The van der Waals surface area contributed by atoms with Crippen molar-refractivity contribution in [3.63, 3.8) is 0 Å². The summed E-state index contributed by atoms with van der Waals surface area (Å²) in [5.74, 6) is 0.545. The minimum absolute atomic E-state index is 0.0346. The summed E-state index contributed by atoms with van der Waals surface area (Å²) in [5.41, 5.74) is 2.41. The Labute approximate surface area is 137 Å². The van der Waals surface area contributed by atoms with Crippen LogP contribution in [0.1, 0.15) is 40.5 Å². The van der Waals surface area contributed by atoms with Gasteiger partial charge in [0.25, 0.3) is 0 Å². The van der Waals surface area contributed by atoms with Crippen LogP contribution < -0.4 is 10.6 Å². The van der Waals surface area contributed by atoms with Gasteiger partial charge in [-0.1, -0.05) is 20.8 Å². The lowest BCUT2D eigenvalue weighted by Crippen LogP contribution is -2.32. The molecule has 4 heteroatoms. The molecule has 0 unspecified atom stereocenters. The summed E-state index contributed by atoms with van der Waals surface area (Å²) in [6.07, 6.45) is 3.96. The number of ketones is 1. The van der Waals surface area contributed by atoms with Gasteiger partial charge in [-0.15, -0.1) is 0 Å². The fourth-order valence-electron chi connectivity index (χ4n) is 4.11. The van der Waals surface area contributed by atoms with Crippen LogP contribution in [0.3, 0.4) is 0 Å². The smallest absolute Gasteiger partial charge is 0.221 e. The summed E-state index contributed by atoms with van der Waals surface area (Å²) < 4.78 is 0. The largest absolute Gasteiger partial charge is 0.361 e. The van der Waals surface area contributed by atoms with Crippen LogP contribution in [-0.2, 0) is 9.59 Å². The molecule has 1 aromatic rings. The summed E-state index contributed by atoms with van der Waals surface area (Å²) in [7, 11) is 0. The van der Waals surface area contributed by atoms with Gasteiger partial charge in [0, 0.05) is 35.5 Å². The number of nitrogens with one attached hydrogen (secondary N) is 2. The lowest BCUT2D eigenvalue weighted by Gasteiger charge is -2.31. The van der Waals surface area contributed by atoms with Crippen molar-refractivity contribution in [2.24, 2.45) is 16.7 Å². The van der Waals surface area contributed by atoms with Gasteiger partial charge in [0.05, 0.1) is 0 Å². The molecule has 2 aliphatic rings. The molecule has 23 heavy (non-hydrogen) atoms. The van der Waals surface area contributed by atoms with Crippen LogP contribution >= 0.6 is 0 Å². The number of rotatable bonds is 3. The Morgan fingerprint density at radius 1 is 1.17 bits per heavy atom. The van der Waals surface area contributed by atoms with Gasteiger partial charge >= 0.3 is 0 Å². The predicted molar refractivity (Wildman–Crippen MR) is 92.1 cm³/mol. The fraction of sp³-hybridized carbons (Fsp3) is 0.474. The third-order valence-electron chi connectivity index (χ3n) is 5.96. The van der Waals surface area contributed by atoms with Gasteiger partial charge in [-0.3, -0.25) is 9.59 Å². The van der Waals surface area contributed by atoms with Gasteiger partial charge < -0.3 is 10.6 Å². The van der Waals surface area contributed by atoms with Crippen molar-refractivity contribution in [2.75, 3.05) is 10.6 Å². The van der Waals surface area contributed by atoms with E-state index >= 15 is 0 Å². The second kappa shape index (κ2) is 5.22. The number of carbonyl (C=O) groups excluding carboxylic acids is 2. The zero-order valence-electron chi connectivity index (χ0n) is 14.2. The molecule has 2 saturated carbocycles. The van der Waals surface area contributed by atoms with E-state index in [0.717, 1.165) is 29.8 Å². The van der Waals surface area contributed by atoms with Crippen molar-refractivity contribution in [1.82, 2.24) is 0 Å². The molecule has 0 heterocycles. The van der Waals surface area contributed by atoms with Gasteiger partial charge in [0.1, 0.15) is 0 Å². The van der Waals surface area contributed by atoms with Gasteiger partial charge in [-0.25, -0.2) is 0 Å². The highest BCUT2D eigenvalue weighted by Crippen LogP contribution is 2.65. The van der Waals surface area contributed by atoms with Crippen LogP contribution in [-0.4, -0.2) is 11.7 Å². The molecular weight excluding hydrogens is 288 g/mol. The van der Waals surface area contributed by atoms with E-state index in [1.165, 1.54) is 6.92 Å². The number of allylic oxidation sites excluding steroid dienone is 1. The van der Waals surface area contributed by atoms with E-state index in [-0.39, 0.29) is 16.7 Å². The molecule has 2 N–H and O–H groups in total. The summed E-state index contributed by atoms with van der Waals surface area (Å²) >= 11 is 0. The first-order valence-electron chi connectivity index (χ1n) is 8.15. The van der Waals surface area contributed by atoms with Crippen molar-refractivity contribution in [2.45, 2.75) is 40.5 Å². The van der Waals surface area contributed by atoms with Crippen molar-refractivity contribution >= 4 is 23.1 Å². The van der Waals surface area contributed by atoms with E-state index in [1.807, 2.05) is 30.5 Å². The normalized spacial score (nSPS) is 29.8. The van der Waals surface area contributed by atoms with E-state index in [9.17, 15) is 9.59 Å². The molecule has 2 aliphatic carbocycles. The molecule has 1 amide bonds. The van der Waals surface area contributed by atoms with Gasteiger partial charge in [-0.2, -0.15) is 0 Å². The standard InChI is InChI=1S/C19H24N2O2/c1-12(22)21-14-7-5-13(6-8-14)20-11-15-16-9-10-19(4,17(15)23)18(16,2)3/h5-8,11,16,20H,9-10H2,1-4H3,(H,21,22)/b15-11-/t16-,19-/m1/s1. The third kappa shape index (κ3) is 2.37. The molecule has 122 valence electrons. The molecule has 4 nitrogen and oxygen atoms in total. The number of fused-ring (bicyclic) bond motifs is 2. The van der Waals surface area contributed by atoms with E-state index in [0.29, 0.717) is 11.7 Å². The monoisotopic (exact) mass is 312 g/mol. The Balaban J connectivity index is 1.76. The highest BCUT2D eigenvalue weighted by molar-refractivity contribution is 6.04. The molecule has 2 fully saturated rings. The van der Waals surface area contributed by atoms with Crippen LogP contribution in [0, 0.1) is 16.7 Å². The molecule has 3 rings (SSSR count).